The van der Waals surface area contributed by atoms with Crippen LogP contribution in [0.1, 0.15) is 43.6 Å². The molecule has 0 radical (unpaired) electrons. The van der Waals surface area contributed by atoms with Crippen LogP contribution < -0.4 is 15.0 Å². The van der Waals surface area contributed by atoms with Crippen molar-refractivity contribution in [3.63, 3.8) is 0 Å². The number of nitrogens with zero attached hydrogens (tertiary/aromatic N) is 3. The monoisotopic (exact) mass is 376 g/mol. The molecule has 0 unspecified atom stereocenters. The maximum absolute atomic E-state index is 12.3. The smallest absolute Gasteiger partial charge is 0.253 e. The van der Waals surface area contributed by atoms with Crippen molar-refractivity contribution < 1.29 is 9.53 Å². The number of ether oxygens (including phenoxy) is 1. The molecule has 2 heterocycles. The Morgan fingerprint density at radius 2 is 1.96 bits per heavy atom. The van der Waals surface area contributed by atoms with E-state index in [0.29, 0.717) is 23.0 Å². The highest BCUT2D eigenvalue weighted by molar-refractivity contribution is 6.32. The van der Waals surface area contributed by atoms with E-state index in [1.54, 1.807) is 12.3 Å². The predicted molar refractivity (Wildman–Crippen MR) is 104 cm³/mol. The fourth-order valence-electron chi connectivity index (χ4n) is 2.40. The number of halogens is 1. The van der Waals surface area contributed by atoms with E-state index < -0.39 is 0 Å². The molecule has 0 aliphatic carbocycles. The Balaban J connectivity index is 1.97. The third-order valence-corrected chi connectivity index (χ3v) is 4.04. The Labute approximate surface area is 159 Å². The quantitative estimate of drug-likeness (QED) is 0.760. The first-order valence-corrected chi connectivity index (χ1v) is 9.12. The van der Waals surface area contributed by atoms with Crippen molar-refractivity contribution in [1.82, 2.24) is 15.3 Å². The minimum Gasteiger partial charge on any atom is -0.474 e. The van der Waals surface area contributed by atoms with Crippen molar-refractivity contribution in [2.24, 2.45) is 0 Å². The first-order valence-electron chi connectivity index (χ1n) is 8.74. The molecule has 0 atom stereocenters. The molecule has 0 fully saturated rings. The Morgan fingerprint density at radius 1 is 1.23 bits per heavy atom. The summed E-state index contributed by atoms with van der Waals surface area (Å²) in [7, 11) is 0. The Kier molecular flexibility index (Phi) is 7.21. The molecule has 0 bridgehead atoms. The minimum absolute atomic E-state index is 0.0357. The fourth-order valence-corrected chi connectivity index (χ4v) is 2.61. The summed E-state index contributed by atoms with van der Waals surface area (Å²) in [6, 6.07) is 5.49. The SMILES string of the molecule is CCN(CC)c1ccc(CNC(=O)c2cnc(OC(C)C)c(Cl)c2)cn1. The van der Waals surface area contributed by atoms with Gasteiger partial charge in [-0.05, 0) is 45.4 Å². The number of carbonyl (C=O) groups excluding carboxylic acids is 1. The molecule has 0 saturated heterocycles. The van der Waals surface area contributed by atoms with E-state index >= 15 is 0 Å². The molecule has 1 amide bonds. The lowest BCUT2D eigenvalue weighted by molar-refractivity contribution is 0.0950. The summed E-state index contributed by atoms with van der Waals surface area (Å²) < 4.78 is 5.47. The number of rotatable bonds is 8. The summed E-state index contributed by atoms with van der Waals surface area (Å²) in [5.74, 6) is 1.01. The minimum atomic E-state index is -0.247. The van der Waals surface area contributed by atoms with Crippen LogP contribution in [0.25, 0.3) is 0 Å². The van der Waals surface area contributed by atoms with Gasteiger partial charge in [0.1, 0.15) is 10.8 Å². The van der Waals surface area contributed by atoms with Crippen LogP contribution in [0, 0.1) is 0 Å². The second-order valence-electron chi connectivity index (χ2n) is 6.06. The molecule has 0 aliphatic heterocycles. The van der Waals surface area contributed by atoms with Crippen molar-refractivity contribution in [3.8, 4) is 5.88 Å². The van der Waals surface area contributed by atoms with E-state index in [0.717, 1.165) is 24.5 Å². The second kappa shape index (κ2) is 9.38. The van der Waals surface area contributed by atoms with Gasteiger partial charge in [0.25, 0.3) is 5.91 Å². The molecule has 2 aromatic heterocycles. The number of carbonyl (C=O) groups is 1. The van der Waals surface area contributed by atoms with E-state index in [-0.39, 0.29) is 12.0 Å². The van der Waals surface area contributed by atoms with Gasteiger partial charge in [0.2, 0.25) is 5.88 Å². The topological polar surface area (TPSA) is 67.4 Å². The number of aromatic nitrogens is 2. The summed E-state index contributed by atoms with van der Waals surface area (Å²) in [4.78, 5) is 23.0. The molecule has 6 nitrogen and oxygen atoms in total. The van der Waals surface area contributed by atoms with Gasteiger partial charge in [-0.3, -0.25) is 4.79 Å². The van der Waals surface area contributed by atoms with Crippen molar-refractivity contribution in [2.45, 2.75) is 40.3 Å². The third kappa shape index (κ3) is 5.33. The number of nitrogens with one attached hydrogen (secondary N) is 1. The van der Waals surface area contributed by atoms with E-state index in [9.17, 15) is 4.79 Å². The standard InChI is InChI=1S/C19H25ClN4O2/c1-5-24(6-2)17-8-7-14(10-21-17)11-22-18(25)15-9-16(20)19(23-12-15)26-13(3)4/h7-10,12-13H,5-6,11H2,1-4H3,(H,22,25). The van der Waals surface area contributed by atoms with E-state index in [2.05, 4.69) is 34.0 Å². The van der Waals surface area contributed by atoms with Gasteiger partial charge in [-0.2, -0.15) is 0 Å². The van der Waals surface area contributed by atoms with Gasteiger partial charge in [0, 0.05) is 32.0 Å². The number of anilines is 1. The van der Waals surface area contributed by atoms with Gasteiger partial charge in [0.15, 0.2) is 0 Å². The predicted octanol–water partition coefficient (Wildman–Crippen LogP) is 3.69. The van der Waals surface area contributed by atoms with Crippen molar-refractivity contribution in [1.29, 1.82) is 0 Å². The molecule has 0 spiro atoms. The molecule has 2 aromatic rings. The highest BCUT2D eigenvalue weighted by Gasteiger charge is 2.12. The van der Waals surface area contributed by atoms with Crippen molar-refractivity contribution >= 4 is 23.3 Å². The van der Waals surface area contributed by atoms with Gasteiger partial charge in [-0.15, -0.1) is 0 Å². The lowest BCUT2D eigenvalue weighted by Gasteiger charge is -2.19. The maximum atomic E-state index is 12.3. The van der Waals surface area contributed by atoms with Crippen LogP contribution >= 0.6 is 11.6 Å². The van der Waals surface area contributed by atoms with Gasteiger partial charge < -0.3 is 15.0 Å². The molecule has 140 valence electrons. The number of hydrogen-bond donors (Lipinski definition) is 1. The zero-order valence-corrected chi connectivity index (χ0v) is 16.4. The maximum Gasteiger partial charge on any atom is 0.253 e. The van der Waals surface area contributed by atoms with Crippen LogP contribution in [-0.4, -0.2) is 35.1 Å². The third-order valence-electron chi connectivity index (χ3n) is 3.77. The van der Waals surface area contributed by atoms with Crippen LogP contribution in [0.3, 0.4) is 0 Å². The molecule has 0 saturated carbocycles. The molecule has 26 heavy (non-hydrogen) atoms. The molecule has 2 rings (SSSR count). The van der Waals surface area contributed by atoms with Crippen molar-refractivity contribution in [3.05, 3.63) is 46.7 Å². The lowest BCUT2D eigenvalue weighted by Crippen LogP contribution is -2.24. The largest absolute Gasteiger partial charge is 0.474 e. The number of hydrogen-bond acceptors (Lipinski definition) is 5. The first-order chi connectivity index (χ1) is 12.4. The average Bonchev–Trinajstić information content (AvgIpc) is 2.63. The van der Waals surface area contributed by atoms with E-state index in [4.69, 9.17) is 16.3 Å². The average molecular weight is 377 g/mol. The van der Waals surface area contributed by atoms with Gasteiger partial charge >= 0.3 is 0 Å². The second-order valence-corrected chi connectivity index (χ2v) is 6.46. The molecule has 0 aliphatic rings. The Hall–Kier alpha value is -2.34. The molecular weight excluding hydrogens is 352 g/mol. The number of amides is 1. The van der Waals surface area contributed by atoms with Crippen LogP contribution in [0.5, 0.6) is 5.88 Å². The highest BCUT2D eigenvalue weighted by atomic mass is 35.5. The normalized spacial score (nSPS) is 10.7. The van der Waals surface area contributed by atoms with Crippen LogP contribution in [-0.2, 0) is 6.54 Å². The first kappa shape index (κ1) is 20.0. The van der Waals surface area contributed by atoms with Crippen LogP contribution in [0.2, 0.25) is 5.02 Å². The lowest BCUT2D eigenvalue weighted by atomic mass is 10.2. The number of pyridine rings is 2. The Morgan fingerprint density at radius 3 is 2.50 bits per heavy atom. The summed E-state index contributed by atoms with van der Waals surface area (Å²) in [5.41, 5.74) is 1.31. The van der Waals surface area contributed by atoms with E-state index in [1.807, 2.05) is 26.0 Å². The summed E-state index contributed by atoms with van der Waals surface area (Å²) in [6.07, 6.45) is 3.20. The molecule has 7 heteroatoms. The van der Waals surface area contributed by atoms with Crippen LogP contribution in [0.4, 0.5) is 5.82 Å². The molecule has 1 N–H and O–H groups in total. The van der Waals surface area contributed by atoms with Gasteiger partial charge in [-0.1, -0.05) is 17.7 Å². The molecule has 0 aromatic carbocycles. The van der Waals surface area contributed by atoms with E-state index in [1.165, 1.54) is 6.20 Å². The van der Waals surface area contributed by atoms with Crippen LogP contribution in [0.15, 0.2) is 30.6 Å². The summed E-state index contributed by atoms with van der Waals surface area (Å²) in [5, 5.41) is 3.16. The highest BCUT2D eigenvalue weighted by Crippen LogP contribution is 2.23. The van der Waals surface area contributed by atoms with Crippen molar-refractivity contribution in [2.75, 3.05) is 18.0 Å². The zero-order chi connectivity index (χ0) is 19.1. The zero-order valence-electron chi connectivity index (χ0n) is 15.6. The fraction of sp³-hybridized carbons (Fsp3) is 0.421. The van der Waals surface area contributed by atoms with Gasteiger partial charge in [0.05, 0.1) is 11.7 Å². The summed E-state index contributed by atoms with van der Waals surface area (Å²) in [6.45, 7) is 10.2. The van der Waals surface area contributed by atoms with Gasteiger partial charge in [-0.25, -0.2) is 9.97 Å². The Bertz CT molecular complexity index is 731. The molecular formula is C19H25ClN4O2. The summed E-state index contributed by atoms with van der Waals surface area (Å²) >= 11 is 6.13.